The van der Waals surface area contributed by atoms with E-state index < -0.39 is 11.9 Å². The van der Waals surface area contributed by atoms with Gasteiger partial charge in [-0.25, -0.2) is 9.59 Å². The summed E-state index contributed by atoms with van der Waals surface area (Å²) in [6.07, 6.45) is 4.05. The largest absolute Gasteiger partial charge is 0.494 e. The van der Waals surface area contributed by atoms with Gasteiger partial charge >= 0.3 is 11.9 Å². The van der Waals surface area contributed by atoms with Gasteiger partial charge in [-0.15, -0.1) is 0 Å². The second-order valence-corrected chi connectivity index (χ2v) is 11.1. The van der Waals surface area contributed by atoms with E-state index in [1.807, 2.05) is 24.3 Å². The predicted molar refractivity (Wildman–Crippen MR) is 177 cm³/mol. The van der Waals surface area contributed by atoms with Gasteiger partial charge in [-0.1, -0.05) is 13.5 Å². The first-order valence-corrected chi connectivity index (χ1v) is 16.0. The lowest BCUT2D eigenvalue weighted by molar-refractivity contribution is -0.150. The minimum absolute atomic E-state index is 0.0104. The van der Waals surface area contributed by atoms with Gasteiger partial charge in [0.15, 0.2) is 0 Å². The van der Waals surface area contributed by atoms with Gasteiger partial charge in [0.1, 0.15) is 42.0 Å². The van der Waals surface area contributed by atoms with Crippen molar-refractivity contribution in [1.82, 2.24) is 0 Å². The van der Waals surface area contributed by atoms with E-state index in [9.17, 15) is 9.59 Å². The van der Waals surface area contributed by atoms with Crippen molar-refractivity contribution in [3.8, 4) is 28.7 Å². The number of esters is 2. The molecule has 0 saturated carbocycles. The molecular weight excluding hydrogens is 620 g/mol. The second-order valence-electron chi connectivity index (χ2n) is 11.1. The lowest BCUT2D eigenvalue weighted by atomic mass is 9.84. The van der Waals surface area contributed by atoms with Crippen molar-refractivity contribution in [2.75, 3.05) is 66.3 Å². The highest BCUT2D eigenvalue weighted by Crippen LogP contribution is 2.31. The number of ether oxygens (including phenoxy) is 9. The predicted octanol–water partition coefficient (Wildman–Crippen LogP) is 6.05. The van der Waals surface area contributed by atoms with Gasteiger partial charge in [-0.05, 0) is 92.1 Å². The average Bonchev–Trinajstić information content (AvgIpc) is 3.10. The Morgan fingerprint density at radius 3 is 1.81 bits per heavy atom. The minimum atomic E-state index is -0.502. The van der Waals surface area contributed by atoms with Crippen molar-refractivity contribution in [2.45, 2.75) is 26.2 Å². The van der Waals surface area contributed by atoms with Crippen LogP contribution in [0.3, 0.4) is 0 Å². The van der Waals surface area contributed by atoms with Crippen molar-refractivity contribution in [1.29, 1.82) is 0 Å². The highest BCUT2D eigenvalue weighted by molar-refractivity contribution is 5.91. The van der Waals surface area contributed by atoms with Crippen LogP contribution < -0.4 is 23.7 Å². The lowest BCUT2D eigenvalue weighted by Crippen LogP contribution is -2.45. The van der Waals surface area contributed by atoms with E-state index in [2.05, 4.69) is 13.5 Å². The molecule has 1 saturated heterocycles. The number of rotatable bonds is 23. The van der Waals surface area contributed by atoms with E-state index in [1.54, 1.807) is 48.5 Å². The van der Waals surface area contributed by atoms with Crippen LogP contribution in [0.4, 0.5) is 0 Å². The number of hydrogen-bond acceptors (Lipinski definition) is 11. The van der Waals surface area contributed by atoms with E-state index in [-0.39, 0.29) is 25.4 Å². The molecule has 0 aromatic heterocycles. The van der Waals surface area contributed by atoms with Crippen molar-refractivity contribution in [3.63, 3.8) is 0 Å². The molecule has 0 amide bonds. The lowest BCUT2D eigenvalue weighted by Gasteiger charge is -2.40. The summed E-state index contributed by atoms with van der Waals surface area (Å²) in [7, 11) is 0. The van der Waals surface area contributed by atoms with Crippen LogP contribution in [0.5, 0.6) is 28.7 Å². The number of carbonyl (C=O) groups excluding carboxylic acids is 2. The molecule has 0 aliphatic carbocycles. The molecule has 0 spiro atoms. The number of unbranched alkanes of at least 4 members (excludes halogenated alkanes) is 1. The molecule has 0 N–H and O–H groups in total. The van der Waals surface area contributed by atoms with Crippen LogP contribution >= 0.6 is 0 Å². The normalized spacial score (nSPS) is 13.1. The summed E-state index contributed by atoms with van der Waals surface area (Å²) in [4.78, 5) is 23.5. The molecule has 1 fully saturated rings. The maximum atomic E-state index is 12.6. The minimum Gasteiger partial charge on any atom is -0.494 e. The Morgan fingerprint density at radius 2 is 1.23 bits per heavy atom. The third-order valence-corrected chi connectivity index (χ3v) is 7.46. The van der Waals surface area contributed by atoms with Gasteiger partial charge in [0, 0.05) is 18.1 Å². The molecule has 3 aromatic rings. The van der Waals surface area contributed by atoms with Gasteiger partial charge < -0.3 is 42.6 Å². The molecule has 3 aromatic carbocycles. The Bertz CT molecular complexity index is 1380. The highest BCUT2D eigenvalue weighted by atomic mass is 16.7. The molecule has 4 rings (SSSR count). The first kappa shape index (κ1) is 36.3. The molecule has 11 heteroatoms. The molecule has 1 aliphatic rings. The summed E-state index contributed by atoms with van der Waals surface area (Å²) in [5.41, 5.74) is 0.602. The van der Waals surface area contributed by atoms with Crippen LogP contribution in [0.2, 0.25) is 0 Å². The van der Waals surface area contributed by atoms with Gasteiger partial charge in [0.05, 0.1) is 45.2 Å². The van der Waals surface area contributed by atoms with Crippen LogP contribution in [0.25, 0.3) is 0 Å². The molecule has 0 unspecified atom stereocenters. The molecule has 48 heavy (non-hydrogen) atoms. The summed E-state index contributed by atoms with van der Waals surface area (Å²) in [6, 6.07) is 20.7. The van der Waals surface area contributed by atoms with Crippen LogP contribution in [0, 0.1) is 5.41 Å². The first-order valence-electron chi connectivity index (χ1n) is 16.0. The van der Waals surface area contributed by atoms with Crippen LogP contribution in [0.1, 0.15) is 36.5 Å². The van der Waals surface area contributed by atoms with Gasteiger partial charge in [-0.3, -0.25) is 0 Å². The zero-order valence-corrected chi connectivity index (χ0v) is 27.4. The zero-order valence-electron chi connectivity index (χ0n) is 27.4. The van der Waals surface area contributed by atoms with Crippen molar-refractivity contribution in [3.05, 3.63) is 91.0 Å². The fourth-order valence-electron chi connectivity index (χ4n) is 4.40. The summed E-state index contributed by atoms with van der Waals surface area (Å²) in [5.74, 6) is 1.95. The number of hydrogen-bond donors (Lipinski definition) is 0. The monoisotopic (exact) mass is 664 g/mol. The molecule has 0 atom stereocenters. The van der Waals surface area contributed by atoms with E-state index in [0.717, 1.165) is 57.5 Å². The standard InChI is InChI=1S/C37H44O11/c1-3-35(38)45-24-22-40-21-23-44-30-9-7-29(8-10-30)36(39)48-34-17-15-33(16-18-34)47-28-46-32-13-11-31(12-14-32)43-20-6-5-19-41-25-37(4-2)26-42-27-37/h3,7-18H,1,4-6,19-28H2,2H3. The summed E-state index contributed by atoms with van der Waals surface area (Å²) in [6.45, 7) is 10.3. The van der Waals surface area contributed by atoms with Crippen LogP contribution in [-0.2, 0) is 23.7 Å². The van der Waals surface area contributed by atoms with E-state index in [4.69, 9.17) is 42.6 Å². The van der Waals surface area contributed by atoms with Crippen molar-refractivity contribution >= 4 is 11.9 Å². The molecule has 0 bridgehead atoms. The molecular formula is C37H44O11. The van der Waals surface area contributed by atoms with Gasteiger partial charge in [0.25, 0.3) is 0 Å². The summed E-state index contributed by atoms with van der Waals surface area (Å²) in [5, 5.41) is 0. The van der Waals surface area contributed by atoms with Crippen molar-refractivity contribution < 1.29 is 52.2 Å². The molecule has 0 radical (unpaired) electrons. The smallest absolute Gasteiger partial charge is 0.343 e. The second kappa shape index (κ2) is 19.9. The first-order chi connectivity index (χ1) is 23.5. The fourth-order valence-corrected chi connectivity index (χ4v) is 4.40. The van der Waals surface area contributed by atoms with E-state index in [0.29, 0.717) is 48.4 Å². The quantitative estimate of drug-likeness (QED) is 0.0388. The maximum absolute atomic E-state index is 12.6. The summed E-state index contributed by atoms with van der Waals surface area (Å²) < 4.78 is 49.5. The number of benzene rings is 3. The molecule has 258 valence electrons. The Balaban J connectivity index is 1.05. The van der Waals surface area contributed by atoms with Gasteiger partial charge in [0.2, 0.25) is 6.79 Å². The van der Waals surface area contributed by atoms with Crippen molar-refractivity contribution in [2.24, 2.45) is 5.41 Å². The fraction of sp³-hybridized carbons (Fsp3) is 0.405. The Labute approximate surface area is 281 Å². The molecule has 1 heterocycles. The molecule has 1 aliphatic heterocycles. The summed E-state index contributed by atoms with van der Waals surface area (Å²) >= 11 is 0. The third kappa shape index (κ3) is 12.6. The van der Waals surface area contributed by atoms with Gasteiger partial charge in [-0.2, -0.15) is 0 Å². The maximum Gasteiger partial charge on any atom is 0.343 e. The Kier molecular flexibility index (Phi) is 15.1. The van der Waals surface area contributed by atoms with E-state index >= 15 is 0 Å². The zero-order chi connectivity index (χ0) is 33.9. The van der Waals surface area contributed by atoms with E-state index in [1.165, 1.54) is 0 Å². The topological polar surface area (TPSA) is 117 Å². The highest BCUT2D eigenvalue weighted by Gasteiger charge is 2.36. The average molecular weight is 665 g/mol. The Morgan fingerprint density at radius 1 is 0.688 bits per heavy atom. The molecule has 11 nitrogen and oxygen atoms in total. The van der Waals surface area contributed by atoms with Crippen LogP contribution in [0.15, 0.2) is 85.5 Å². The third-order valence-electron chi connectivity index (χ3n) is 7.46. The SMILES string of the molecule is C=CC(=O)OCCOCCOc1ccc(C(=O)Oc2ccc(OCOc3ccc(OCCCCOCC4(CC)COC4)cc3)cc2)cc1. The Hall–Kier alpha value is -4.58. The van der Waals surface area contributed by atoms with Crippen LogP contribution in [-0.4, -0.2) is 78.2 Å². The number of carbonyl (C=O) groups is 2.